The van der Waals surface area contributed by atoms with Gasteiger partial charge in [0.1, 0.15) is 23.5 Å². The van der Waals surface area contributed by atoms with Crippen molar-refractivity contribution in [2.24, 2.45) is 0 Å². The molecule has 6 heteroatoms. The maximum absolute atomic E-state index is 10.7. The maximum Gasteiger partial charge on any atom is 0.290 e. The average Bonchev–Trinajstić information content (AvgIpc) is 2.29. The fourth-order valence-electron chi connectivity index (χ4n) is 1.33. The predicted molar refractivity (Wildman–Crippen MR) is 59.8 cm³/mol. The molecule has 90 valence electrons. The first kappa shape index (κ1) is 12.9. The summed E-state index contributed by atoms with van der Waals surface area (Å²) in [6.07, 6.45) is -0.215. The first-order valence-electron chi connectivity index (χ1n) is 4.92. The van der Waals surface area contributed by atoms with E-state index < -0.39 is 4.92 Å². The van der Waals surface area contributed by atoms with E-state index in [-0.39, 0.29) is 17.4 Å². The standard InChI is InChI=1S/C11H12N2O4/c1-8(7-16-2)17-10-4-3-9(6-12)11(5-10)13(14)15/h3-5,8H,7H2,1-2H3. The van der Waals surface area contributed by atoms with Gasteiger partial charge in [-0.2, -0.15) is 5.26 Å². The van der Waals surface area contributed by atoms with Crippen LogP contribution in [0.2, 0.25) is 0 Å². The molecular weight excluding hydrogens is 224 g/mol. The SMILES string of the molecule is COCC(C)Oc1ccc(C#N)c([N+](=O)[O-])c1. The van der Waals surface area contributed by atoms with E-state index in [0.29, 0.717) is 12.4 Å². The van der Waals surface area contributed by atoms with Crippen molar-refractivity contribution < 1.29 is 14.4 Å². The number of hydrogen-bond acceptors (Lipinski definition) is 5. The highest BCUT2D eigenvalue weighted by Crippen LogP contribution is 2.24. The summed E-state index contributed by atoms with van der Waals surface area (Å²) in [6, 6.07) is 5.90. The number of rotatable bonds is 5. The minimum atomic E-state index is -0.605. The maximum atomic E-state index is 10.7. The molecular formula is C11H12N2O4. The molecule has 0 saturated heterocycles. The van der Waals surface area contributed by atoms with E-state index in [4.69, 9.17) is 14.7 Å². The fraction of sp³-hybridized carbons (Fsp3) is 0.364. The van der Waals surface area contributed by atoms with Gasteiger partial charge in [0.2, 0.25) is 0 Å². The summed E-state index contributed by atoms with van der Waals surface area (Å²) in [5.41, 5.74) is -0.239. The molecule has 0 bridgehead atoms. The van der Waals surface area contributed by atoms with Crippen LogP contribution in [-0.4, -0.2) is 24.7 Å². The molecule has 0 fully saturated rings. The lowest BCUT2D eigenvalue weighted by atomic mass is 10.2. The minimum Gasteiger partial charge on any atom is -0.488 e. The van der Waals surface area contributed by atoms with Gasteiger partial charge < -0.3 is 9.47 Å². The molecule has 1 aromatic carbocycles. The number of nitro groups is 1. The van der Waals surface area contributed by atoms with Crippen LogP contribution in [0.4, 0.5) is 5.69 Å². The number of nitriles is 1. The lowest BCUT2D eigenvalue weighted by Gasteiger charge is -2.13. The van der Waals surface area contributed by atoms with Gasteiger partial charge in [0, 0.05) is 7.11 Å². The van der Waals surface area contributed by atoms with Crippen molar-refractivity contribution in [1.29, 1.82) is 5.26 Å². The van der Waals surface area contributed by atoms with Gasteiger partial charge in [0.25, 0.3) is 5.69 Å². The molecule has 0 amide bonds. The largest absolute Gasteiger partial charge is 0.488 e. The Morgan fingerprint density at radius 1 is 1.59 bits per heavy atom. The fourth-order valence-corrected chi connectivity index (χ4v) is 1.33. The number of methoxy groups -OCH3 is 1. The van der Waals surface area contributed by atoms with Gasteiger partial charge >= 0.3 is 0 Å². The molecule has 6 nitrogen and oxygen atoms in total. The number of benzene rings is 1. The van der Waals surface area contributed by atoms with E-state index in [0.717, 1.165) is 0 Å². The third-order valence-corrected chi connectivity index (χ3v) is 2.02. The van der Waals surface area contributed by atoms with E-state index in [2.05, 4.69) is 0 Å². The molecule has 0 heterocycles. The second-order valence-corrected chi connectivity index (χ2v) is 3.43. The summed E-state index contributed by atoms with van der Waals surface area (Å²) < 4.78 is 10.3. The number of nitro benzene ring substituents is 1. The summed E-state index contributed by atoms with van der Waals surface area (Å²) in [5, 5.41) is 19.4. The van der Waals surface area contributed by atoms with E-state index >= 15 is 0 Å². The minimum absolute atomic E-state index is 0.0155. The van der Waals surface area contributed by atoms with Crippen LogP contribution in [0.15, 0.2) is 18.2 Å². The first-order valence-corrected chi connectivity index (χ1v) is 4.92. The molecule has 1 aromatic rings. The molecule has 0 aliphatic rings. The van der Waals surface area contributed by atoms with Crippen molar-refractivity contribution in [3.05, 3.63) is 33.9 Å². The number of hydrogen-bond donors (Lipinski definition) is 0. The van der Waals surface area contributed by atoms with Crippen LogP contribution in [-0.2, 0) is 4.74 Å². The molecule has 1 unspecified atom stereocenters. The topological polar surface area (TPSA) is 85.4 Å². The summed E-state index contributed by atoms with van der Waals surface area (Å²) >= 11 is 0. The van der Waals surface area contributed by atoms with Gasteiger partial charge in [-0.15, -0.1) is 0 Å². The summed E-state index contributed by atoms with van der Waals surface area (Å²) in [4.78, 5) is 10.1. The van der Waals surface area contributed by atoms with Crippen molar-refractivity contribution in [2.45, 2.75) is 13.0 Å². The Morgan fingerprint density at radius 3 is 2.82 bits per heavy atom. The summed E-state index contributed by atoms with van der Waals surface area (Å²) in [6.45, 7) is 2.17. The third kappa shape index (κ3) is 3.43. The Balaban J connectivity index is 2.93. The Labute approximate surface area is 98.5 Å². The van der Waals surface area contributed by atoms with Crippen LogP contribution < -0.4 is 4.74 Å². The summed E-state index contributed by atoms with van der Waals surface area (Å²) in [5.74, 6) is 0.347. The van der Waals surface area contributed by atoms with Crippen molar-refractivity contribution in [2.75, 3.05) is 13.7 Å². The zero-order valence-electron chi connectivity index (χ0n) is 9.54. The first-order chi connectivity index (χ1) is 8.08. The smallest absolute Gasteiger partial charge is 0.290 e. The lowest BCUT2D eigenvalue weighted by molar-refractivity contribution is -0.385. The highest BCUT2D eigenvalue weighted by Gasteiger charge is 2.15. The van der Waals surface area contributed by atoms with E-state index in [1.54, 1.807) is 20.1 Å². The molecule has 17 heavy (non-hydrogen) atoms. The third-order valence-electron chi connectivity index (χ3n) is 2.02. The second kappa shape index (κ2) is 5.82. The van der Waals surface area contributed by atoms with Crippen molar-refractivity contribution >= 4 is 5.69 Å². The van der Waals surface area contributed by atoms with Crippen LogP contribution in [0.5, 0.6) is 5.75 Å². The van der Waals surface area contributed by atoms with Crippen LogP contribution >= 0.6 is 0 Å². The van der Waals surface area contributed by atoms with Crippen molar-refractivity contribution in [1.82, 2.24) is 0 Å². The van der Waals surface area contributed by atoms with Crippen LogP contribution in [0.25, 0.3) is 0 Å². The molecule has 0 aromatic heterocycles. The summed E-state index contributed by atoms with van der Waals surface area (Å²) in [7, 11) is 1.54. The van der Waals surface area contributed by atoms with Gasteiger partial charge in [0.15, 0.2) is 0 Å². The predicted octanol–water partition coefficient (Wildman–Crippen LogP) is 1.88. The molecule has 1 atom stereocenters. The van der Waals surface area contributed by atoms with E-state index in [1.807, 2.05) is 0 Å². The second-order valence-electron chi connectivity index (χ2n) is 3.43. The Bertz CT molecular complexity index is 453. The van der Waals surface area contributed by atoms with Crippen molar-refractivity contribution in [3.63, 3.8) is 0 Å². The Morgan fingerprint density at radius 2 is 2.29 bits per heavy atom. The zero-order valence-corrected chi connectivity index (χ0v) is 9.54. The van der Waals surface area contributed by atoms with Gasteiger partial charge in [0.05, 0.1) is 17.6 Å². The lowest BCUT2D eigenvalue weighted by Crippen LogP contribution is -2.18. The molecule has 0 saturated carbocycles. The van der Waals surface area contributed by atoms with E-state index in [1.165, 1.54) is 18.2 Å². The number of nitrogens with zero attached hydrogens (tertiary/aromatic N) is 2. The van der Waals surface area contributed by atoms with Gasteiger partial charge in [-0.05, 0) is 19.1 Å². The highest BCUT2D eigenvalue weighted by molar-refractivity contribution is 5.52. The zero-order chi connectivity index (χ0) is 12.8. The molecule has 0 aliphatic heterocycles. The van der Waals surface area contributed by atoms with Crippen LogP contribution in [0.3, 0.4) is 0 Å². The molecule has 0 aliphatic carbocycles. The molecule has 0 radical (unpaired) electrons. The Kier molecular flexibility index (Phi) is 4.43. The van der Waals surface area contributed by atoms with Crippen LogP contribution in [0.1, 0.15) is 12.5 Å². The van der Waals surface area contributed by atoms with Crippen molar-refractivity contribution in [3.8, 4) is 11.8 Å². The van der Waals surface area contributed by atoms with Crippen LogP contribution in [0, 0.1) is 21.4 Å². The molecule has 1 rings (SSSR count). The average molecular weight is 236 g/mol. The quantitative estimate of drug-likeness (QED) is 0.575. The van der Waals surface area contributed by atoms with E-state index in [9.17, 15) is 10.1 Å². The van der Waals surface area contributed by atoms with Gasteiger partial charge in [-0.25, -0.2) is 0 Å². The molecule has 0 N–H and O–H groups in total. The normalized spacial score (nSPS) is 11.6. The monoisotopic (exact) mass is 236 g/mol. The molecule has 0 spiro atoms. The highest BCUT2D eigenvalue weighted by atomic mass is 16.6. The Hall–Kier alpha value is -2.13. The number of ether oxygens (including phenoxy) is 2. The van der Waals surface area contributed by atoms with Gasteiger partial charge in [-0.1, -0.05) is 0 Å². The van der Waals surface area contributed by atoms with Gasteiger partial charge in [-0.3, -0.25) is 10.1 Å².